The predicted molar refractivity (Wildman–Crippen MR) is 77.4 cm³/mol. The van der Waals surface area contributed by atoms with Crippen molar-refractivity contribution >= 4 is 5.91 Å². The van der Waals surface area contributed by atoms with E-state index in [2.05, 4.69) is 17.5 Å². The first-order valence-corrected chi connectivity index (χ1v) is 7.58. The summed E-state index contributed by atoms with van der Waals surface area (Å²) in [5.41, 5.74) is 2.72. The van der Waals surface area contributed by atoms with Crippen LogP contribution in [0.1, 0.15) is 60.0 Å². The van der Waals surface area contributed by atoms with Gasteiger partial charge in [-0.15, -0.1) is 0 Å². The van der Waals surface area contributed by atoms with E-state index in [9.17, 15) is 10.1 Å². The zero-order valence-electron chi connectivity index (χ0n) is 11.7. The maximum Gasteiger partial charge on any atom is 0.252 e. The Labute approximate surface area is 120 Å². The van der Waals surface area contributed by atoms with Gasteiger partial charge in [-0.2, -0.15) is 5.26 Å². The highest BCUT2D eigenvalue weighted by molar-refractivity contribution is 5.95. The molecule has 0 aromatic heterocycles. The van der Waals surface area contributed by atoms with Crippen LogP contribution in [0.4, 0.5) is 0 Å². The highest BCUT2D eigenvalue weighted by atomic mass is 16.1. The maximum absolute atomic E-state index is 12.4. The number of nitrogens with zero attached hydrogens (tertiary/aromatic N) is 1. The Kier molecular flexibility index (Phi) is 3.48. The average molecular weight is 268 g/mol. The van der Waals surface area contributed by atoms with E-state index in [1.165, 1.54) is 17.5 Å². The third kappa shape index (κ3) is 2.43. The molecule has 1 fully saturated rings. The molecule has 0 radical (unpaired) electrons. The van der Waals surface area contributed by atoms with Gasteiger partial charge >= 0.3 is 0 Å². The molecular formula is C17H20N2O. The zero-order valence-corrected chi connectivity index (χ0v) is 11.7. The van der Waals surface area contributed by atoms with Crippen molar-refractivity contribution in [3.63, 3.8) is 0 Å². The molecule has 3 nitrogen and oxygen atoms in total. The Morgan fingerprint density at radius 2 is 1.85 bits per heavy atom. The molecule has 20 heavy (non-hydrogen) atoms. The Morgan fingerprint density at radius 3 is 2.60 bits per heavy atom. The van der Waals surface area contributed by atoms with E-state index in [4.69, 9.17) is 0 Å². The van der Waals surface area contributed by atoms with E-state index < -0.39 is 5.54 Å². The Balaban J connectivity index is 1.77. The summed E-state index contributed by atoms with van der Waals surface area (Å²) in [6, 6.07) is 8.31. The first-order chi connectivity index (χ1) is 9.72. The fourth-order valence-electron chi connectivity index (χ4n) is 3.42. The van der Waals surface area contributed by atoms with E-state index in [1.807, 2.05) is 12.1 Å². The molecule has 2 aliphatic carbocycles. The highest BCUT2D eigenvalue weighted by Crippen LogP contribution is 2.28. The molecule has 0 heterocycles. The normalized spacial score (nSPS) is 19.9. The van der Waals surface area contributed by atoms with Crippen LogP contribution in [0.3, 0.4) is 0 Å². The number of aryl methyl sites for hydroxylation is 2. The molecule has 0 saturated heterocycles. The number of nitrogens with one attached hydrogen (secondary N) is 1. The third-order valence-corrected chi connectivity index (χ3v) is 4.63. The quantitative estimate of drug-likeness (QED) is 0.896. The van der Waals surface area contributed by atoms with E-state index >= 15 is 0 Å². The standard InChI is InChI=1S/C17H20N2O/c18-12-17(9-2-1-3-10-17)19-16(20)15-8-7-13-5-4-6-14(13)11-15/h7-8,11H,1-6,9-10H2,(H,19,20). The van der Waals surface area contributed by atoms with Crippen LogP contribution in [0.15, 0.2) is 18.2 Å². The van der Waals surface area contributed by atoms with E-state index in [1.54, 1.807) is 0 Å². The van der Waals surface area contributed by atoms with Crippen molar-refractivity contribution in [1.82, 2.24) is 5.32 Å². The number of carbonyl (C=O) groups is 1. The molecule has 1 N–H and O–H groups in total. The molecule has 1 amide bonds. The Hall–Kier alpha value is -1.82. The fourth-order valence-corrected chi connectivity index (χ4v) is 3.42. The van der Waals surface area contributed by atoms with Crippen LogP contribution in [0.25, 0.3) is 0 Å². The summed E-state index contributed by atoms with van der Waals surface area (Å²) in [7, 11) is 0. The summed E-state index contributed by atoms with van der Waals surface area (Å²) in [4.78, 5) is 12.4. The van der Waals surface area contributed by atoms with Gasteiger partial charge in [0.1, 0.15) is 5.54 Å². The molecule has 0 aliphatic heterocycles. The van der Waals surface area contributed by atoms with Crippen molar-refractivity contribution in [2.24, 2.45) is 0 Å². The van der Waals surface area contributed by atoms with Crippen LogP contribution in [-0.4, -0.2) is 11.4 Å². The van der Waals surface area contributed by atoms with Crippen LogP contribution in [0.2, 0.25) is 0 Å². The molecule has 2 aliphatic rings. The van der Waals surface area contributed by atoms with Crippen molar-refractivity contribution in [2.75, 3.05) is 0 Å². The van der Waals surface area contributed by atoms with Gasteiger partial charge in [0, 0.05) is 5.56 Å². The summed E-state index contributed by atoms with van der Waals surface area (Å²) in [5, 5.41) is 12.4. The van der Waals surface area contributed by atoms with Crippen LogP contribution in [0.5, 0.6) is 0 Å². The Morgan fingerprint density at radius 1 is 1.10 bits per heavy atom. The van der Waals surface area contributed by atoms with Gasteiger partial charge in [-0.25, -0.2) is 0 Å². The average Bonchev–Trinajstić information content (AvgIpc) is 2.95. The lowest BCUT2D eigenvalue weighted by Gasteiger charge is -2.31. The number of fused-ring (bicyclic) bond motifs is 1. The van der Waals surface area contributed by atoms with Crippen molar-refractivity contribution in [2.45, 2.75) is 56.9 Å². The second-order valence-corrected chi connectivity index (χ2v) is 6.05. The molecule has 3 heteroatoms. The van der Waals surface area contributed by atoms with Gasteiger partial charge in [0.2, 0.25) is 0 Å². The molecule has 1 saturated carbocycles. The molecule has 0 spiro atoms. The second-order valence-electron chi connectivity index (χ2n) is 6.05. The largest absolute Gasteiger partial charge is 0.334 e. The highest BCUT2D eigenvalue weighted by Gasteiger charge is 2.33. The van der Waals surface area contributed by atoms with Crippen LogP contribution < -0.4 is 5.32 Å². The fraction of sp³-hybridized carbons (Fsp3) is 0.529. The first kappa shape index (κ1) is 13.2. The van der Waals surface area contributed by atoms with Crippen molar-refractivity contribution in [3.8, 4) is 6.07 Å². The molecule has 3 rings (SSSR count). The lowest BCUT2D eigenvalue weighted by Crippen LogP contribution is -2.48. The minimum atomic E-state index is -0.644. The molecular weight excluding hydrogens is 248 g/mol. The number of hydrogen-bond acceptors (Lipinski definition) is 2. The smallest absolute Gasteiger partial charge is 0.252 e. The third-order valence-electron chi connectivity index (χ3n) is 4.63. The van der Waals surface area contributed by atoms with E-state index in [0.717, 1.165) is 44.9 Å². The van der Waals surface area contributed by atoms with Crippen LogP contribution in [-0.2, 0) is 12.8 Å². The SMILES string of the molecule is N#CC1(NC(=O)c2ccc3c(c2)CCC3)CCCCC1. The second kappa shape index (κ2) is 5.28. The summed E-state index contributed by atoms with van der Waals surface area (Å²) >= 11 is 0. The minimum Gasteiger partial charge on any atom is -0.334 e. The Bertz CT molecular complexity index is 565. The molecule has 1 aromatic rings. The monoisotopic (exact) mass is 268 g/mol. The van der Waals surface area contributed by atoms with Crippen molar-refractivity contribution in [1.29, 1.82) is 5.26 Å². The van der Waals surface area contributed by atoms with E-state index in [0.29, 0.717) is 5.56 Å². The van der Waals surface area contributed by atoms with Gasteiger partial charge in [-0.1, -0.05) is 25.3 Å². The molecule has 1 aromatic carbocycles. The summed E-state index contributed by atoms with van der Waals surface area (Å²) < 4.78 is 0. The summed E-state index contributed by atoms with van der Waals surface area (Å²) in [5.74, 6) is -0.0943. The number of benzene rings is 1. The molecule has 0 unspecified atom stereocenters. The van der Waals surface area contributed by atoms with Gasteiger partial charge in [0.25, 0.3) is 5.91 Å². The van der Waals surface area contributed by atoms with Gasteiger partial charge < -0.3 is 5.32 Å². The number of carbonyl (C=O) groups excluding carboxylic acids is 1. The topological polar surface area (TPSA) is 52.9 Å². The lowest BCUT2D eigenvalue weighted by atomic mass is 9.82. The van der Waals surface area contributed by atoms with Crippen molar-refractivity contribution in [3.05, 3.63) is 34.9 Å². The number of hydrogen-bond donors (Lipinski definition) is 1. The summed E-state index contributed by atoms with van der Waals surface area (Å²) in [6.45, 7) is 0. The van der Waals surface area contributed by atoms with Gasteiger partial charge in [0.15, 0.2) is 0 Å². The predicted octanol–water partition coefficient (Wildman–Crippen LogP) is 3.13. The molecule has 0 bridgehead atoms. The number of amides is 1. The number of rotatable bonds is 2. The molecule has 0 atom stereocenters. The van der Waals surface area contributed by atoms with E-state index in [-0.39, 0.29) is 5.91 Å². The van der Waals surface area contributed by atoms with Crippen molar-refractivity contribution < 1.29 is 4.79 Å². The van der Waals surface area contributed by atoms with Crippen LogP contribution in [0, 0.1) is 11.3 Å². The first-order valence-electron chi connectivity index (χ1n) is 7.58. The van der Waals surface area contributed by atoms with Gasteiger partial charge in [-0.05, 0) is 55.4 Å². The number of nitriles is 1. The van der Waals surface area contributed by atoms with Gasteiger partial charge in [-0.3, -0.25) is 4.79 Å². The molecule has 104 valence electrons. The zero-order chi connectivity index (χ0) is 14.0. The minimum absolute atomic E-state index is 0.0943. The maximum atomic E-state index is 12.4. The van der Waals surface area contributed by atoms with Crippen LogP contribution >= 0.6 is 0 Å². The summed E-state index contributed by atoms with van der Waals surface area (Å²) in [6.07, 6.45) is 8.15. The van der Waals surface area contributed by atoms with Gasteiger partial charge in [0.05, 0.1) is 6.07 Å². The lowest BCUT2D eigenvalue weighted by molar-refractivity contribution is 0.0902.